The second-order valence-corrected chi connectivity index (χ2v) is 7.55. The van der Waals surface area contributed by atoms with Crippen LogP contribution in [0.15, 0.2) is 24.3 Å². The molecule has 6 heteroatoms. The number of carbonyl (C=O) groups is 1. The van der Waals surface area contributed by atoms with Gasteiger partial charge in [-0.1, -0.05) is 12.1 Å². The number of carbonyl (C=O) groups excluding carboxylic acids is 1. The topological polar surface area (TPSA) is 70.2 Å². The number of H-pyrrole nitrogens is 1. The zero-order chi connectivity index (χ0) is 18.6. The highest BCUT2D eigenvalue weighted by Crippen LogP contribution is 2.27. The minimum absolute atomic E-state index is 0.0718. The molecule has 0 unspecified atom stereocenters. The third kappa shape index (κ3) is 4.16. The van der Waals surface area contributed by atoms with Crippen molar-refractivity contribution in [2.24, 2.45) is 0 Å². The van der Waals surface area contributed by atoms with Gasteiger partial charge in [-0.25, -0.2) is 4.98 Å². The molecule has 1 atom stereocenters. The van der Waals surface area contributed by atoms with Gasteiger partial charge in [0.2, 0.25) is 0 Å². The number of rotatable bonds is 6. The summed E-state index contributed by atoms with van der Waals surface area (Å²) in [4.78, 5) is 23.0. The first-order chi connectivity index (χ1) is 13.2. The summed E-state index contributed by atoms with van der Waals surface area (Å²) < 4.78 is 5.35. The van der Waals surface area contributed by atoms with Crippen LogP contribution in [0.5, 0.6) is 5.75 Å². The molecule has 6 nitrogen and oxygen atoms in total. The molecule has 2 aromatic rings. The molecule has 2 N–H and O–H groups in total. The van der Waals surface area contributed by atoms with E-state index in [9.17, 15) is 4.79 Å². The van der Waals surface area contributed by atoms with Gasteiger partial charge in [-0.3, -0.25) is 4.79 Å². The Morgan fingerprint density at radius 3 is 2.96 bits per heavy atom. The first-order valence-corrected chi connectivity index (χ1v) is 9.95. The van der Waals surface area contributed by atoms with Crippen molar-refractivity contribution in [2.75, 3.05) is 33.3 Å². The van der Waals surface area contributed by atoms with Crippen molar-refractivity contribution in [3.05, 3.63) is 47.0 Å². The number of aryl methyl sites for hydroxylation is 1. The Labute approximate surface area is 160 Å². The summed E-state index contributed by atoms with van der Waals surface area (Å²) in [7, 11) is 1.68. The van der Waals surface area contributed by atoms with Crippen LogP contribution in [-0.2, 0) is 12.8 Å². The van der Waals surface area contributed by atoms with Crippen molar-refractivity contribution in [3.8, 4) is 5.75 Å². The fourth-order valence-electron chi connectivity index (χ4n) is 4.14. The lowest BCUT2D eigenvalue weighted by Crippen LogP contribution is -2.26. The second kappa shape index (κ2) is 8.13. The van der Waals surface area contributed by atoms with E-state index < -0.39 is 0 Å². The lowest BCUT2D eigenvalue weighted by molar-refractivity contribution is 0.0950. The van der Waals surface area contributed by atoms with Gasteiger partial charge in [0.1, 0.15) is 17.3 Å². The number of aromatic amines is 1. The van der Waals surface area contributed by atoms with Gasteiger partial charge in [0.25, 0.3) is 5.91 Å². The monoisotopic (exact) mass is 368 g/mol. The Balaban J connectivity index is 1.45. The van der Waals surface area contributed by atoms with Gasteiger partial charge in [-0.15, -0.1) is 0 Å². The van der Waals surface area contributed by atoms with Gasteiger partial charge in [-0.2, -0.15) is 0 Å². The Morgan fingerprint density at radius 2 is 2.15 bits per heavy atom. The lowest BCUT2D eigenvalue weighted by Gasteiger charge is -2.15. The average Bonchev–Trinajstić information content (AvgIpc) is 3.32. The van der Waals surface area contributed by atoms with Crippen molar-refractivity contribution in [2.45, 2.75) is 38.0 Å². The summed E-state index contributed by atoms with van der Waals surface area (Å²) in [5.74, 6) is 1.91. The van der Waals surface area contributed by atoms with Gasteiger partial charge in [-0.05, 0) is 63.0 Å². The number of benzene rings is 1. The fourth-order valence-corrected chi connectivity index (χ4v) is 4.14. The predicted octanol–water partition coefficient (Wildman–Crippen LogP) is 2.52. The van der Waals surface area contributed by atoms with E-state index in [0.29, 0.717) is 12.2 Å². The molecule has 0 saturated carbocycles. The van der Waals surface area contributed by atoms with Gasteiger partial charge in [0.05, 0.1) is 7.11 Å². The molecule has 0 spiro atoms. The molecule has 1 amide bonds. The normalized spacial score (nSPS) is 20.2. The molecule has 144 valence electrons. The number of ether oxygens (including phenoxy) is 1. The van der Waals surface area contributed by atoms with Crippen LogP contribution in [0.2, 0.25) is 0 Å². The predicted molar refractivity (Wildman–Crippen MR) is 104 cm³/mol. The molecule has 2 aliphatic rings. The molecular weight excluding hydrogens is 340 g/mol. The first-order valence-electron chi connectivity index (χ1n) is 9.95. The van der Waals surface area contributed by atoms with Gasteiger partial charge in [0, 0.05) is 24.6 Å². The number of amides is 1. The number of imidazole rings is 1. The van der Waals surface area contributed by atoms with Crippen LogP contribution < -0.4 is 10.1 Å². The molecule has 0 radical (unpaired) electrons. The van der Waals surface area contributed by atoms with Crippen LogP contribution in [0, 0.1) is 0 Å². The Bertz CT molecular complexity index is 795. The molecule has 0 aliphatic carbocycles. The van der Waals surface area contributed by atoms with Crippen LogP contribution in [0.4, 0.5) is 0 Å². The maximum atomic E-state index is 12.5. The Morgan fingerprint density at radius 1 is 1.30 bits per heavy atom. The van der Waals surface area contributed by atoms with Crippen LogP contribution in [0.1, 0.15) is 52.8 Å². The van der Waals surface area contributed by atoms with Crippen molar-refractivity contribution >= 4 is 5.91 Å². The van der Waals surface area contributed by atoms with E-state index >= 15 is 0 Å². The van der Waals surface area contributed by atoms with Crippen molar-refractivity contribution in [1.29, 1.82) is 0 Å². The summed E-state index contributed by atoms with van der Waals surface area (Å²) in [5.41, 5.74) is 2.69. The molecule has 1 aromatic heterocycles. The molecule has 1 fully saturated rings. The second-order valence-electron chi connectivity index (χ2n) is 7.55. The van der Waals surface area contributed by atoms with Crippen molar-refractivity contribution in [3.63, 3.8) is 0 Å². The standard InChI is InChI=1S/C21H28N4O2/c1-27-17-7-4-6-15(12-17)16-13-18-20(21(26)22-14-16)24-19(23-18)8-5-11-25-9-2-3-10-25/h4,6-7,12,16H,2-3,5,8-11,13-14H2,1H3,(H,22,26)(H,23,24)/t16-/m1/s1. The molecule has 27 heavy (non-hydrogen) atoms. The largest absolute Gasteiger partial charge is 0.497 e. The summed E-state index contributed by atoms with van der Waals surface area (Å²) in [6.45, 7) is 4.17. The van der Waals surface area contributed by atoms with E-state index in [1.165, 1.54) is 31.5 Å². The van der Waals surface area contributed by atoms with E-state index in [2.05, 4.69) is 32.3 Å². The van der Waals surface area contributed by atoms with E-state index in [1.807, 2.05) is 12.1 Å². The fraction of sp³-hybridized carbons (Fsp3) is 0.524. The quantitative estimate of drug-likeness (QED) is 0.822. The molecule has 2 aliphatic heterocycles. The number of nitrogens with one attached hydrogen (secondary N) is 2. The minimum atomic E-state index is -0.0718. The summed E-state index contributed by atoms with van der Waals surface area (Å²) in [6, 6.07) is 8.09. The van der Waals surface area contributed by atoms with Gasteiger partial charge >= 0.3 is 0 Å². The highest BCUT2D eigenvalue weighted by Gasteiger charge is 2.26. The van der Waals surface area contributed by atoms with Crippen LogP contribution in [-0.4, -0.2) is 54.1 Å². The zero-order valence-corrected chi connectivity index (χ0v) is 16.0. The van der Waals surface area contributed by atoms with E-state index in [-0.39, 0.29) is 11.8 Å². The lowest BCUT2D eigenvalue weighted by atomic mass is 9.94. The third-order valence-corrected chi connectivity index (χ3v) is 5.65. The molecule has 0 bridgehead atoms. The molecule has 4 rings (SSSR count). The molecular formula is C21H28N4O2. The SMILES string of the molecule is COc1cccc([C@H]2CNC(=O)c3nc(CCCN4CCCC4)[nH]c3C2)c1. The average molecular weight is 368 g/mol. The maximum absolute atomic E-state index is 12.5. The van der Waals surface area contributed by atoms with Crippen molar-refractivity contribution in [1.82, 2.24) is 20.2 Å². The first kappa shape index (κ1) is 18.0. The highest BCUT2D eigenvalue weighted by molar-refractivity contribution is 5.94. The minimum Gasteiger partial charge on any atom is -0.497 e. The summed E-state index contributed by atoms with van der Waals surface area (Å²) in [6.07, 6.45) is 5.38. The molecule has 3 heterocycles. The summed E-state index contributed by atoms with van der Waals surface area (Å²) >= 11 is 0. The number of likely N-dealkylation sites (tertiary alicyclic amines) is 1. The number of aromatic nitrogens is 2. The Hall–Kier alpha value is -2.34. The van der Waals surface area contributed by atoms with E-state index in [0.717, 1.165) is 43.1 Å². The number of nitrogens with zero attached hydrogens (tertiary/aromatic N) is 2. The van der Waals surface area contributed by atoms with Crippen LogP contribution in [0.3, 0.4) is 0 Å². The van der Waals surface area contributed by atoms with Crippen LogP contribution in [0.25, 0.3) is 0 Å². The number of hydrogen-bond donors (Lipinski definition) is 2. The summed E-state index contributed by atoms with van der Waals surface area (Å²) in [5, 5.41) is 3.03. The smallest absolute Gasteiger partial charge is 0.271 e. The maximum Gasteiger partial charge on any atom is 0.271 e. The van der Waals surface area contributed by atoms with E-state index in [1.54, 1.807) is 7.11 Å². The zero-order valence-electron chi connectivity index (χ0n) is 16.0. The molecule has 1 aromatic carbocycles. The van der Waals surface area contributed by atoms with E-state index in [4.69, 9.17) is 4.74 Å². The number of methoxy groups -OCH3 is 1. The Kier molecular flexibility index (Phi) is 5.43. The number of hydrogen-bond acceptors (Lipinski definition) is 4. The van der Waals surface area contributed by atoms with Gasteiger partial charge in [0.15, 0.2) is 0 Å². The molecule has 1 saturated heterocycles. The van der Waals surface area contributed by atoms with Crippen LogP contribution >= 0.6 is 0 Å². The van der Waals surface area contributed by atoms with Gasteiger partial charge < -0.3 is 19.9 Å². The highest BCUT2D eigenvalue weighted by atomic mass is 16.5. The number of fused-ring (bicyclic) bond motifs is 1. The van der Waals surface area contributed by atoms with Crippen molar-refractivity contribution < 1.29 is 9.53 Å². The third-order valence-electron chi connectivity index (χ3n) is 5.65.